The summed E-state index contributed by atoms with van der Waals surface area (Å²) >= 11 is 0. The van der Waals surface area contributed by atoms with Crippen molar-refractivity contribution >= 4 is 0 Å². The summed E-state index contributed by atoms with van der Waals surface area (Å²) in [7, 11) is 1.70. The fourth-order valence-corrected chi connectivity index (χ4v) is 1.39. The van der Waals surface area contributed by atoms with Crippen LogP contribution in [0.4, 0.5) is 0 Å². The molecule has 0 saturated carbocycles. The van der Waals surface area contributed by atoms with E-state index in [9.17, 15) is 5.11 Å². The summed E-state index contributed by atoms with van der Waals surface area (Å²) in [4.78, 5) is 0. The van der Waals surface area contributed by atoms with Crippen molar-refractivity contribution in [3.63, 3.8) is 0 Å². The third-order valence-electron chi connectivity index (χ3n) is 1.93. The summed E-state index contributed by atoms with van der Waals surface area (Å²) in [5.74, 6) is 0. The van der Waals surface area contributed by atoms with Crippen LogP contribution in [0.2, 0.25) is 0 Å². The molecule has 0 fully saturated rings. The smallest absolute Gasteiger partial charge is 0.0669 e. The number of ether oxygens (including phenoxy) is 1. The maximum atomic E-state index is 9.65. The fraction of sp³-hybridized carbons (Fsp3) is 1.00. The van der Waals surface area contributed by atoms with Gasteiger partial charge in [0.15, 0.2) is 0 Å². The lowest BCUT2D eigenvalue weighted by Gasteiger charge is -2.22. The van der Waals surface area contributed by atoms with Crippen molar-refractivity contribution < 1.29 is 9.84 Å². The third kappa shape index (κ3) is 9.96. The van der Waals surface area contributed by atoms with Crippen molar-refractivity contribution in [1.82, 2.24) is 5.32 Å². The molecule has 0 aromatic rings. The number of methoxy groups -OCH3 is 1. The molecule has 0 rings (SSSR count). The summed E-state index contributed by atoms with van der Waals surface area (Å²) in [6.07, 6.45) is 1.60. The number of aliphatic hydroxyl groups is 1. The van der Waals surface area contributed by atoms with E-state index in [1.165, 1.54) is 0 Å². The van der Waals surface area contributed by atoms with Crippen molar-refractivity contribution in [2.45, 2.75) is 39.7 Å². The maximum Gasteiger partial charge on any atom is 0.0669 e. The van der Waals surface area contributed by atoms with Crippen molar-refractivity contribution in [3.05, 3.63) is 0 Å². The van der Waals surface area contributed by atoms with E-state index in [0.717, 1.165) is 26.0 Å². The average molecular weight is 203 g/mol. The van der Waals surface area contributed by atoms with E-state index in [4.69, 9.17) is 4.74 Å². The molecule has 14 heavy (non-hydrogen) atoms. The first kappa shape index (κ1) is 13.9. The largest absolute Gasteiger partial charge is 0.392 e. The van der Waals surface area contributed by atoms with Gasteiger partial charge < -0.3 is 15.2 Å². The SMILES string of the molecule is COCCCNCC(O)CC(C)(C)C. The van der Waals surface area contributed by atoms with Gasteiger partial charge in [0.05, 0.1) is 6.10 Å². The van der Waals surface area contributed by atoms with Crippen molar-refractivity contribution in [3.8, 4) is 0 Å². The predicted octanol–water partition coefficient (Wildman–Crippen LogP) is 1.41. The molecule has 0 spiro atoms. The first-order chi connectivity index (χ1) is 6.45. The molecule has 3 nitrogen and oxygen atoms in total. The normalized spacial score (nSPS) is 14.4. The summed E-state index contributed by atoms with van der Waals surface area (Å²) in [6, 6.07) is 0. The zero-order valence-electron chi connectivity index (χ0n) is 9.97. The fourth-order valence-electron chi connectivity index (χ4n) is 1.39. The molecule has 0 aromatic carbocycles. The molecule has 0 bridgehead atoms. The Morgan fingerprint density at radius 2 is 2.00 bits per heavy atom. The van der Waals surface area contributed by atoms with Crippen molar-refractivity contribution in [2.75, 3.05) is 26.8 Å². The molecular weight excluding hydrogens is 178 g/mol. The highest BCUT2D eigenvalue weighted by molar-refractivity contribution is 4.69. The van der Waals surface area contributed by atoms with Gasteiger partial charge in [0, 0.05) is 20.3 Å². The lowest BCUT2D eigenvalue weighted by Crippen LogP contribution is -2.31. The summed E-state index contributed by atoms with van der Waals surface area (Å²) in [5.41, 5.74) is 0.202. The summed E-state index contributed by atoms with van der Waals surface area (Å²) in [6.45, 7) is 8.79. The summed E-state index contributed by atoms with van der Waals surface area (Å²) < 4.78 is 4.93. The van der Waals surface area contributed by atoms with Crippen molar-refractivity contribution in [1.29, 1.82) is 0 Å². The minimum atomic E-state index is -0.238. The standard InChI is InChI=1S/C11H25NO2/c1-11(2,3)8-10(13)9-12-6-5-7-14-4/h10,12-13H,5-9H2,1-4H3. The minimum Gasteiger partial charge on any atom is -0.392 e. The van der Waals surface area contributed by atoms with Crippen LogP contribution in [0, 0.1) is 5.41 Å². The van der Waals surface area contributed by atoms with Crippen LogP contribution in [0.15, 0.2) is 0 Å². The Hall–Kier alpha value is -0.120. The molecular formula is C11H25NO2. The topological polar surface area (TPSA) is 41.5 Å². The van der Waals surface area contributed by atoms with Crippen LogP contribution in [0.25, 0.3) is 0 Å². The Morgan fingerprint density at radius 3 is 2.50 bits per heavy atom. The Labute approximate surface area is 87.8 Å². The number of rotatable bonds is 7. The van der Waals surface area contributed by atoms with Crippen LogP contribution in [0.3, 0.4) is 0 Å². The lowest BCUT2D eigenvalue weighted by atomic mass is 9.89. The Kier molecular flexibility index (Phi) is 7.15. The molecule has 2 N–H and O–H groups in total. The van der Waals surface area contributed by atoms with E-state index in [1.54, 1.807) is 7.11 Å². The molecule has 0 aliphatic rings. The van der Waals surface area contributed by atoms with E-state index < -0.39 is 0 Å². The van der Waals surface area contributed by atoms with Gasteiger partial charge in [0.25, 0.3) is 0 Å². The predicted molar refractivity (Wildman–Crippen MR) is 59.4 cm³/mol. The highest BCUT2D eigenvalue weighted by Gasteiger charge is 2.15. The van der Waals surface area contributed by atoms with Gasteiger partial charge >= 0.3 is 0 Å². The van der Waals surface area contributed by atoms with Gasteiger partial charge in [-0.2, -0.15) is 0 Å². The van der Waals surface area contributed by atoms with Crippen LogP contribution in [-0.4, -0.2) is 38.0 Å². The molecule has 0 aromatic heterocycles. The zero-order chi connectivity index (χ0) is 11.0. The quantitative estimate of drug-likeness (QED) is 0.615. The lowest BCUT2D eigenvalue weighted by molar-refractivity contribution is 0.118. The highest BCUT2D eigenvalue weighted by atomic mass is 16.5. The second kappa shape index (κ2) is 7.21. The van der Waals surface area contributed by atoms with Gasteiger partial charge in [0.2, 0.25) is 0 Å². The van der Waals surface area contributed by atoms with Gasteiger partial charge in [-0.15, -0.1) is 0 Å². The van der Waals surface area contributed by atoms with Crippen LogP contribution in [0.5, 0.6) is 0 Å². The Bertz CT molecular complexity index is 132. The maximum absolute atomic E-state index is 9.65. The first-order valence-electron chi connectivity index (χ1n) is 5.33. The molecule has 1 unspecified atom stereocenters. The number of aliphatic hydroxyl groups excluding tert-OH is 1. The van der Waals surface area contributed by atoms with Crippen LogP contribution in [-0.2, 0) is 4.74 Å². The van der Waals surface area contributed by atoms with E-state index in [1.807, 2.05) is 0 Å². The average Bonchev–Trinajstić information content (AvgIpc) is 2.00. The Balaban J connectivity index is 3.31. The zero-order valence-corrected chi connectivity index (χ0v) is 9.97. The monoisotopic (exact) mass is 203 g/mol. The van der Waals surface area contributed by atoms with Gasteiger partial charge in [-0.1, -0.05) is 20.8 Å². The van der Waals surface area contributed by atoms with Crippen LogP contribution >= 0.6 is 0 Å². The summed E-state index contributed by atoms with van der Waals surface area (Å²) in [5, 5.41) is 12.9. The molecule has 0 amide bonds. The molecule has 0 aliphatic carbocycles. The van der Waals surface area contributed by atoms with Crippen LogP contribution < -0.4 is 5.32 Å². The molecule has 3 heteroatoms. The van der Waals surface area contributed by atoms with Gasteiger partial charge in [-0.3, -0.25) is 0 Å². The second-order valence-electron chi connectivity index (χ2n) is 4.97. The molecule has 0 heterocycles. The van der Waals surface area contributed by atoms with Crippen molar-refractivity contribution in [2.24, 2.45) is 5.41 Å². The van der Waals surface area contributed by atoms with Gasteiger partial charge in [-0.25, -0.2) is 0 Å². The van der Waals surface area contributed by atoms with Gasteiger partial charge in [0.1, 0.15) is 0 Å². The number of hydrogen-bond donors (Lipinski definition) is 2. The van der Waals surface area contributed by atoms with E-state index in [2.05, 4.69) is 26.1 Å². The first-order valence-corrected chi connectivity index (χ1v) is 5.33. The minimum absolute atomic E-state index is 0.202. The second-order valence-corrected chi connectivity index (χ2v) is 4.97. The molecule has 0 radical (unpaired) electrons. The third-order valence-corrected chi connectivity index (χ3v) is 1.93. The molecule has 0 saturated heterocycles. The molecule has 86 valence electrons. The Morgan fingerprint density at radius 1 is 1.36 bits per heavy atom. The number of nitrogens with one attached hydrogen (secondary N) is 1. The molecule has 1 atom stereocenters. The molecule has 0 aliphatic heterocycles. The number of hydrogen-bond acceptors (Lipinski definition) is 3. The highest BCUT2D eigenvalue weighted by Crippen LogP contribution is 2.20. The van der Waals surface area contributed by atoms with E-state index >= 15 is 0 Å². The van der Waals surface area contributed by atoms with E-state index in [0.29, 0.717) is 6.54 Å². The van der Waals surface area contributed by atoms with Crippen LogP contribution in [0.1, 0.15) is 33.6 Å². The van der Waals surface area contributed by atoms with Gasteiger partial charge in [-0.05, 0) is 24.8 Å². The van der Waals surface area contributed by atoms with E-state index in [-0.39, 0.29) is 11.5 Å².